The molecule has 0 saturated carbocycles. The van der Waals surface area contributed by atoms with Crippen LogP contribution in [0.5, 0.6) is 0 Å². The number of aliphatic hydroxyl groups is 1. The second-order valence-electron chi connectivity index (χ2n) is 5.80. The van der Waals surface area contributed by atoms with Gasteiger partial charge in [-0.2, -0.15) is 0 Å². The first-order valence-electron chi connectivity index (χ1n) is 8.50. The molecule has 0 bridgehead atoms. The second kappa shape index (κ2) is 11.5. The zero-order valence-electron chi connectivity index (χ0n) is 14.9. The van der Waals surface area contributed by atoms with Crippen LogP contribution >= 0.6 is 0 Å². The number of guanidine groups is 1. The van der Waals surface area contributed by atoms with Crippen LogP contribution in [0, 0.1) is 0 Å². The molecule has 0 aliphatic heterocycles. The Balaban J connectivity index is 2.36. The van der Waals surface area contributed by atoms with E-state index >= 15 is 0 Å². The van der Waals surface area contributed by atoms with Crippen LogP contribution in [0.1, 0.15) is 38.2 Å². The smallest absolute Gasteiger partial charge is 0.221 e. The summed E-state index contributed by atoms with van der Waals surface area (Å²) in [6, 6.07) is 10.1. The third-order valence-corrected chi connectivity index (χ3v) is 3.90. The van der Waals surface area contributed by atoms with Crippen molar-refractivity contribution in [3.8, 4) is 0 Å². The van der Waals surface area contributed by atoms with Crippen molar-refractivity contribution in [3.05, 3.63) is 35.9 Å². The fraction of sp³-hybridized carbons (Fsp3) is 0.556. The summed E-state index contributed by atoms with van der Waals surface area (Å²) in [5, 5.41) is 18.8. The molecule has 0 radical (unpaired) electrons. The highest BCUT2D eigenvalue weighted by atomic mass is 16.3. The zero-order valence-corrected chi connectivity index (χ0v) is 14.9. The van der Waals surface area contributed by atoms with Gasteiger partial charge in [-0.3, -0.25) is 9.79 Å². The topological polar surface area (TPSA) is 85.8 Å². The van der Waals surface area contributed by atoms with Crippen LogP contribution in [0.4, 0.5) is 0 Å². The Kier molecular flexibility index (Phi) is 9.53. The molecule has 4 N–H and O–H groups in total. The van der Waals surface area contributed by atoms with Crippen LogP contribution in [-0.2, 0) is 4.79 Å². The zero-order chi connectivity index (χ0) is 17.8. The number of nitrogens with zero attached hydrogens (tertiary/aromatic N) is 1. The highest BCUT2D eigenvalue weighted by Gasteiger charge is 2.11. The quantitative estimate of drug-likeness (QED) is 0.404. The van der Waals surface area contributed by atoms with E-state index in [-0.39, 0.29) is 24.5 Å². The molecule has 0 heterocycles. The molecule has 0 fully saturated rings. The average Bonchev–Trinajstić information content (AvgIpc) is 2.61. The number of aliphatic hydroxyl groups excluding tert-OH is 1. The standard InChI is InChI=1S/C18H30N4O2/c1-4-14(2)22-17(24)10-11-20-18(19-3)21-12-16(13-23)15-8-6-5-7-9-15/h5-9,14,16,23H,4,10-13H2,1-3H3,(H,22,24)(H2,19,20,21). The van der Waals surface area contributed by atoms with E-state index in [0.29, 0.717) is 25.5 Å². The molecule has 0 aliphatic carbocycles. The van der Waals surface area contributed by atoms with Crippen LogP contribution in [0.3, 0.4) is 0 Å². The highest BCUT2D eigenvalue weighted by molar-refractivity contribution is 5.81. The van der Waals surface area contributed by atoms with E-state index in [0.717, 1.165) is 12.0 Å². The molecule has 6 nitrogen and oxygen atoms in total. The summed E-state index contributed by atoms with van der Waals surface area (Å²) in [5.74, 6) is 0.656. The fourth-order valence-corrected chi connectivity index (χ4v) is 2.20. The van der Waals surface area contributed by atoms with Gasteiger partial charge in [0.2, 0.25) is 5.91 Å². The van der Waals surface area contributed by atoms with Crippen molar-refractivity contribution in [2.24, 2.45) is 4.99 Å². The molecular formula is C18H30N4O2. The van der Waals surface area contributed by atoms with Crippen molar-refractivity contribution in [2.45, 2.75) is 38.6 Å². The molecule has 2 unspecified atom stereocenters. The first-order chi connectivity index (χ1) is 11.6. The maximum absolute atomic E-state index is 11.7. The predicted octanol–water partition coefficient (Wildman–Crippen LogP) is 1.23. The Bertz CT molecular complexity index is 505. The Labute approximate surface area is 144 Å². The van der Waals surface area contributed by atoms with Gasteiger partial charge in [-0.15, -0.1) is 0 Å². The summed E-state index contributed by atoms with van der Waals surface area (Å²) < 4.78 is 0. The van der Waals surface area contributed by atoms with Gasteiger partial charge < -0.3 is 21.1 Å². The lowest BCUT2D eigenvalue weighted by Gasteiger charge is -2.18. The number of benzene rings is 1. The van der Waals surface area contributed by atoms with E-state index in [1.807, 2.05) is 44.2 Å². The maximum atomic E-state index is 11.7. The third kappa shape index (κ3) is 7.46. The molecule has 0 aliphatic rings. The van der Waals surface area contributed by atoms with Crippen molar-refractivity contribution in [1.29, 1.82) is 0 Å². The minimum Gasteiger partial charge on any atom is -0.396 e. The van der Waals surface area contributed by atoms with Crippen LogP contribution in [0.25, 0.3) is 0 Å². The van der Waals surface area contributed by atoms with Crippen LogP contribution < -0.4 is 16.0 Å². The molecule has 1 rings (SSSR count). The normalized spacial score (nSPS) is 13.9. The number of carbonyl (C=O) groups excluding carboxylic acids is 1. The SMILES string of the molecule is CCC(C)NC(=O)CCNC(=NC)NCC(CO)c1ccccc1. The highest BCUT2D eigenvalue weighted by Crippen LogP contribution is 2.13. The van der Waals surface area contributed by atoms with Crippen LogP contribution in [-0.4, -0.2) is 49.8 Å². The average molecular weight is 334 g/mol. The van der Waals surface area contributed by atoms with Gasteiger partial charge in [-0.1, -0.05) is 37.3 Å². The van der Waals surface area contributed by atoms with Gasteiger partial charge in [0, 0.05) is 38.5 Å². The largest absolute Gasteiger partial charge is 0.396 e. The lowest BCUT2D eigenvalue weighted by molar-refractivity contribution is -0.121. The monoisotopic (exact) mass is 334 g/mol. The van der Waals surface area contributed by atoms with Crippen molar-refractivity contribution in [1.82, 2.24) is 16.0 Å². The van der Waals surface area contributed by atoms with Gasteiger partial charge in [0.15, 0.2) is 5.96 Å². The lowest BCUT2D eigenvalue weighted by atomic mass is 10.0. The molecule has 0 spiro atoms. The first-order valence-corrected chi connectivity index (χ1v) is 8.50. The molecule has 1 aromatic rings. The molecule has 1 amide bonds. The second-order valence-corrected chi connectivity index (χ2v) is 5.80. The molecule has 134 valence electrons. The molecular weight excluding hydrogens is 304 g/mol. The van der Waals surface area contributed by atoms with Gasteiger partial charge in [0.05, 0.1) is 6.61 Å². The molecule has 0 aromatic heterocycles. The number of aliphatic imine (C=N–C) groups is 1. The maximum Gasteiger partial charge on any atom is 0.221 e. The van der Waals surface area contributed by atoms with Gasteiger partial charge in [0.25, 0.3) is 0 Å². The minimum absolute atomic E-state index is 0.00143. The lowest BCUT2D eigenvalue weighted by Crippen LogP contribution is -2.42. The fourth-order valence-electron chi connectivity index (χ4n) is 2.20. The number of hydrogen-bond acceptors (Lipinski definition) is 3. The van der Waals surface area contributed by atoms with Crippen molar-refractivity contribution in [2.75, 3.05) is 26.7 Å². The van der Waals surface area contributed by atoms with Crippen molar-refractivity contribution in [3.63, 3.8) is 0 Å². The molecule has 2 atom stereocenters. The van der Waals surface area contributed by atoms with Gasteiger partial charge >= 0.3 is 0 Å². The van der Waals surface area contributed by atoms with Crippen molar-refractivity contribution < 1.29 is 9.90 Å². The van der Waals surface area contributed by atoms with E-state index in [4.69, 9.17) is 0 Å². The Morgan fingerprint density at radius 3 is 2.54 bits per heavy atom. The van der Waals surface area contributed by atoms with Gasteiger partial charge in [-0.05, 0) is 18.9 Å². The Morgan fingerprint density at radius 1 is 1.25 bits per heavy atom. The van der Waals surface area contributed by atoms with E-state index in [1.165, 1.54) is 0 Å². The molecule has 24 heavy (non-hydrogen) atoms. The van der Waals surface area contributed by atoms with Gasteiger partial charge in [-0.25, -0.2) is 0 Å². The number of nitrogens with one attached hydrogen (secondary N) is 3. The minimum atomic E-state index is -0.00143. The van der Waals surface area contributed by atoms with Crippen LogP contribution in [0.2, 0.25) is 0 Å². The molecule has 1 aromatic carbocycles. The first kappa shape index (κ1) is 20.0. The number of rotatable bonds is 9. The summed E-state index contributed by atoms with van der Waals surface area (Å²) in [5.41, 5.74) is 1.08. The summed E-state index contributed by atoms with van der Waals surface area (Å²) in [4.78, 5) is 15.9. The third-order valence-electron chi connectivity index (χ3n) is 3.90. The number of amides is 1. The van der Waals surface area contributed by atoms with E-state index in [2.05, 4.69) is 20.9 Å². The van der Waals surface area contributed by atoms with Crippen molar-refractivity contribution >= 4 is 11.9 Å². The summed E-state index contributed by atoms with van der Waals surface area (Å²) >= 11 is 0. The molecule has 6 heteroatoms. The van der Waals surface area contributed by atoms with E-state index in [9.17, 15) is 9.90 Å². The number of carbonyl (C=O) groups is 1. The molecule has 0 saturated heterocycles. The van der Waals surface area contributed by atoms with E-state index in [1.54, 1.807) is 7.05 Å². The summed E-state index contributed by atoms with van der Waals surface area (Å²) in [6.45, 7) is 5.17. The predicted molar refractivity (Wildman–Crippen MR) is 98.1 cm³/mol. The van der Waals surface area contributed by atoms with Gasteiger partial charge in [0.1, 0.15) is 0 Å². The number of hydrogen-bond donors (Lipinski definition) is 4. The summed E-state index contributed by atoms with van der Waals surface area (Å²) in [7, 11) is 1.69. The summed E-state index contributed by atoms with van der Waals surface area (Å²) in [6.07, 6.45) is 1.32. The van der Waals surface area contributed by atoms with E-state index < -0.39 is 0 Å². The Hall–Kier alpha value is -2.08. The van der Waals surface area contributed by atoms with Crippen LogP contribution in [0.15, 0.2) is 35.3 Å². The Morgan fingerprint density at radius 2 is 1.96 bits per heavy atom.